The molecule has 1 aliphatic heterocycles. The third kappa shape index (κ3) is 3.42. The van der Waals surface area contributed by atoms with Gasteiger partial charge in [0.25, 0.3) is 5.56 Å². The summed E-state index contributed by atoms with van der Waals surface area (Å²) in [5.41, 5.74) is 7.04. The molecule has 1 aromatic rings. The molecule has 0 spiro atoms. The average molecular weight is 264 g/mol. The van der Waals surface area contributed by atoms with Gasteiger partial charge in [-0.1, -0.05) is 20.8 Å². The fourth-order valence-corrected chi connectivity index (χ4v) is 2.65. The lowest BCUT2D eigenvalue weighted by Crippen LogP contribution is -2.52. The molecule has 0 amide bonds. The first-order valence-corrected chi connectivity index (χ1v) is 6.98. The molecule has 0 aromatic carbocycles. The van der Waals surface area contributed by atoms with Crippen molar-refractivity contribution in [1.29, 1.82) is 0 Å². The Morgan fingerprint density at radius 3 is 2.95 bits per heavy atom. The fourth-order valence-electron chi connectivity index (χ4n) is 2.65. The lowest BCUT2D eigenvalue weighted by Gasteiger charge is -2.42. The lowest BCUT2D eigenvalue weighted by atomic mass is 9.80. The van der Waals surface area contributed by atoms with E-state index in [2.05, 4.69) is 28.7 Å². The zero-order valence-corrected chi connectivity index (χ0v) is 12.1. The van der Waals surface area contributed by atoms with Crippen molar-refractivity contribution < 1.29 is 0 Å². The normalized spacial score (nSPS) is 23.5. The van der Waals surface area contributed by atoms with E-state index >= 15 is 0 Å². The Labute approximate surface area is 114 Å². The van der Waals surface area contributed by atoms with Gasteiger partial charge in [0.2, 0.25) is 0 Å². The molecule has 0 aliphatic carbocycles. The summed E-state index contributed by atoms with van der Waals surface area (Å²) in [5.74, 6) is 0.760. The number of piperidine rings is 1. The maximum atomic E-state index is 11.6. The Balaban J connectivity index is 2.09. The van der Waals surface area contributed by atoms with E-state index in [0.717, 1.165) is 37.4 Å². The highest BCUT2D eigenvalue weighted by molar-refractivity contribution is 5.03. The standard InChI is InChI=1S/C14H24N4O/c1-4-10-7-13(19)17-12(16-10)8-18-6-5-11(15)14(2,3)9-18/h7,11H,4-6,8-9,15H2,1-3H3,(H,16,17,19). The minimum Gasteiger partial charge on any atom is -0.327 e. The largest absolute Gasteiger partial charge is 0.327 e. The van der Waals surface area contributed by atoms with Crippen LogP contribution in [0.1, 0.15) is 38.7 Å². The SMILES string of the molecule is CCc1cc(=O)[nH]c(CN2CCC(N)C(C)(C)C2)n1. The summed E-state index contributed by atoms with van der Waals surface area (Å²) < 4.78 is 0. The van der Waals surface area contributed by atoms with Crippen LogP contribution in [0.5, 0.6) is 0 Å². The second kappa shape index (κ2) is 5.43. The number of hydrogen-bond donors (Lipinski definition) is 2. The highest BCUT2D eigenvalue weighted by atomic mass is 16.1. The number of nitrogens with zero attached hydrogens (tertiary/aromatic N) is 2. The van der Waals surface area contributed by atoms with E-state index < -0.39 is 0 Å². The van der Waals surface area contributed by atoms with E-state index in [1.54, 1.807) is 6.07 Å². The van der Waals surface area contributed by atoms with Crippen LogP contribution in [0.25, 0.3) is 0 Å². The van der Waals surface area contributed by atoms with E-state index in [1.807, 2.05) is 6.92 Å². The fraction of sp³-hybridized carbons (Fsp3) is 0.714. The highest BCUT2D eigenvalue weighted by Crippen LogP contribution is 2.28. The molecule has 1 aliphatic rings. The zero-order chi connectivity index (χ0) is 14.0. The zero-order valence-electron chi connectivity index (χ0n) is 12.1. The average Bonchev–Trinajstić information content (AvgIpc) is 2.32. The quantitative estimate of drug-likeness (QED) is 0.850. The summed E-state index contributed by atoms with van der Waals surface area (Å²) in [4.78, 5) is 21.2. The first-order chi connectivity index (χ1) is 8.90. The molecule has 1 saturated heterocycles. The van der Waals surface area contributed by atoms with Gasteiger partial charge in [-0.05, 0) is 18.3 Å². The van der Waals surface area contributed by atoms with Crippen LogP contribution in [0.4, 0.5) is 0 Å². The van der Waals surface area contributed by atoms with Crippen molar-refractivity contribution in [3.05, 3.63) is 27.9 Å². The van der Waals surface area contributed by atoms with Gasteiger partial charge >= 0.3 is 0 Å². The summed E-state index contributed by atoms with van der Waals surface area (Å²) in [7, 11) is 0. The number of likely N-dealkylation sites (tertiary alicyclic amines) is 1. The maximum absolute atomic E-state index is 11.6. The van der Waals surface area contributed by atoms with Crippen molar-refractivity contribution in [1.82, 2.24) is 14.9 Å². The monoisotopic (exact) mass is 264 g/mol. The number of hydrogen-bond acceptors (Lipinski definition) is 4. The molecular weight excluding hydrogens is 240 g/mol. The van der Waals surface area contributed by atoms with Gasteiger partial charge in [0.15, 0.2) is 0 Å². The number of aromatic nitrogens is 2. The van der Waals surface area contributed by atoms with Crippen LogP contribution < -0.4 is 11.3 Å². The van der Waals surface area contributed by atoms with Gasteiger partial charge in [-0.25, -0.2) is 4.98 Å². The lowest BCUT2D eigenvalue weighted by molar-refractivity contribution is 0.0877. The van der Waals surface area contributed by atoms with Crippen molar-refractivity contribution in [2.24, 2.45) is 11.1 Å². The summed E-state index contributed by atoms with van der Waals surface area (Å²) in [6, 6.07) is 1.82. The molecule has 1 unspecified atom stereocenters. The van der Waals surface area contributed by atoms with E-state index in [-0.39, 0.29) is 17.0 Å². The molecule has 1 atom stereocenters. The highest BCUT2D eigenvalue weighted by Gasteiger charge is 2.33. The molecule has 5 heteroatoms. The van der Waals surface area contributed by atoms with Gasteiger partial charge < -0.3 is 10.7 Å². The third-order valence-electron chi connectivity index (χ3n) is 3.97. The number of rotatable bonds is 3. The molecule has 106 valence electrons. The molecule has 2 rings (SSSR count). The van der Waals surface area contributed by atoms with Crippen molar-refractivity contribution in [3.8, 4) is 0 Å². The van der Waals surface area contributed by atoms with Gasteiger partial charge in [-0.3, -0.25) is 9.69 Å². The minimum absolute atomic E-state index is 0.0604. The topological polar surface area (TPSA) is 75.0 Å². The van der Waals surface area contributed by atoms with E-state index in [1.165, 1.54) is 0 Å². The Hall–Kier alpha value is -1.20. The molecule has 0 saturated carbocycles. The molecule has 0 radical (unpaired) electrons. The molecule has 3 N–H and O–H groups in total. The van der Waals surface area contributed by atoms with Crippen LogP contribution in [0, 0.1) is 5.41 Å². The molecule has 0 bridgehead atoms. The first kappa shape index (κ1) is 14.2. The predicted molar refractivity (Wildman–Crippen MR) is 75.9 cm³/mol. The van der Waals surface area contributed by atoms with Crippen molar-refractivity contribution in [2.45, 2.75) is 46.2 Å². The van der Waals surface area contributed by atoms with Crippen LogP contribution in [0.2, 0.25) is 0 Å². The number of aryl methyl sites for hydroxylation is 1. The predicted octanol–water partition coefficient (Wildman–Crippen LogP) is 0.892. The molecule has 1 aromatic heterocycles. The van der Waals surface area contributed by atoms with Crippen LogP contribution in [-0.4, -0.2) is 34.0 Å². The molecule has 2 heterocycles. The van der Waals surface area contributed by atoms with Crippen molar-refractivity contribution in [2.75, 3.05) is 13.1 Å². The number of nitrogens with one attached hydrogen (secondary N) is 1. The Kier molecular flexibility index (Phi) is 4.06. The van der Waals surface area contributed by atoms with E-state index in [0.29, 0.717) is 6.54 Å². The van der Waals surface area contributed by atoms with Crippen molar-refractivity contribution >= 4 is 0 Å². The van der Waals surface area contributed by atoms with Crippen LogP contribution in [-0.2, 0) is 13.0 Å². The first-order valence-electron chi connectivity index (χ1n) is 6.98. The minimum atomic E-state index is -0.0604. The summed E-state index contributed by atoms with van der Waals surface area (Å²) in [6.07, 6.45) is 1.78. The van der Waals surface area contributed by atoms with Gasteiger partial charge in [0.1, 0.15) is 5.82 Å². The summed E-state index contributed by atoms with van der Waals surface area (Å²) in [6.45, 7) is 9.00. The second-order valence-electron chi connectivity index (χ2n) is 6.13. The van der Waals surface area contributed by atoms with Gasteiger partial charge in [-0.2, -0.15) is 0 Å². The molecule has 5 nitrogen and oxygen atoms in total. The van der Waals surface area contributed by atoms with Gasteiger partial charge in [0, 0.05) is 30.9 Å². The Bertz CT molecular complexity index is 494. The van der Waals surface area contributed by atoms with Crippen LogP contribution >= 0.6 is 0 Å². The number of nitrogens with two attached hydrogens (primary N) is 1. The molecule has 19 heavy (non-hydrogen) atoms. The van der Waals surface area contributed by atoms with Gasteiger partial charge in [0.05, 0.1) is 6.54 Å². The smallest absolute Gasteiger partial charge is 0.251 e. The maximum Gasteiger partial charge on any atom is 0.251 e. The summed E-state index contributed by atoms with van der Waals surface area (Å²) in [5, 5.41) is 0. The Morgan fingerprint density at radius 1 is 1.58 bits per heavy atom. The van der Waals surface area contributed by atoms with Crippen LogP contribution in [0.3, 0.4) is 0 Å². The van der Waals surface area contributed by atoms with Crippen molar-refractivity contribution in [3.63, 3.8) is 0 Å². The summed E-state index contributed by atoms with van der Waals surface area (Å²) >= 11 is 0. The van der Waals surface area contributed by atoms with E-state index in [9.17, 15) is 4.79 Å². The molecular formula is C14H24N4O. The van der Waals surface area contributed by atoms with Gasteiger partial charge in [-0.15, -0.1) is 0 Å². The van der Waals surface area contributed by atoms with E-state index in [4.69, 9.17) is 5.73 Å². The molecule has 1 fully saturated rings. The Morgan fingerprint density at radius 2 is 2.32 bits per heavy atom. The number of H-pyrrole nitrogens is 1. The van der Waals surface area contributed by atoms with Crippen LogP contribution in [0.15, 0.2) is 10.9 Å². The second-order valence-corrected chi connectivity index (χ2v) is 6.13. The third-order valence-corrected chi connectivity index (χ3v) is 3.97. The number of aromatic amines is 1.